The van der Waals surface area contributed by atoms with Gasteiger partial charge in [0.1, 0.15) is 0 Å². The van der Waals surface area contributed by atoms with Crippen molar-refractivity contribution in [3.05, 3.63) is 62.2 Å². The highest BCUT2D eigenvalue weighted by Crippen LogP contribution is 2.19. The number of carbonyl (C=O) groups excluding carboxylic acids is 1. The smallest absolute Gasteiger partial charge is 0.251 e. The first-order valence-corrected chi connectivity index (χ1v) is 7.09. The second kappa shape index (κ2) is 6.25. The summed E-state index contributed by atoms with van der Waals surface area (Å²) < 4.78 is 0.925. The summed E-state index contributed by atoms with van der Waals surface area (Å²) in [4.78, 5) is 12.0. The third-order valence-electron chi connectivity index (χ3n) is 2.61. The Labute approximate surface area is 130 Å². The monoisotopic (exact) mass is 386 g/mol. The predicted octanol–water partition coefficient (Wildman–Crippen LogP) is 3.46. The molecule has 0 spiro atoms. The zero-order valence-corrected chi connectivity index (χ0v) is 12.9. The largest absolute Gasteiger partial charge is 0.399 e. The number of nitrogens with one attached hydrogen (secondary N) is 1. The molecule has 2 aromatic rings. The van der Waals surface area contributed by atoms with E-state index in [9.17, 15) is 4.79 Å². The zero-order valence-electron chi connectivity index (χ0n) is 9.99. The minimum absolute atomic E-state index is 0.143. The normalized spacial score (nSPS) is 10.2. The van der Waals surface area contributed by atoms with Gasteiger partial charge in [-0.15, -0.1) is 0 Å². The Morgan fingerprint density at radius 2 is 1.89 bits per heavy atom. The summed E-state index contributed by atoms with van der Waals surface area (Å²) in [6, 6.07) is 12.6. The maximum Gasteiger partial charge on any atom is 0.251 e. The molecule has 5 heteroatoms. The summed E-state index contributed by atoms with van der Waals surface area (Å²) in [5, 5.41) is 3.42. The highest BCUT2D eigenvalue weighted by Gasteiger charge is 2.07. The number of halogens is 2. The van der Waals surface area contributed by atoms with Gasteiger partial charge in [0.15, 0.2) is 0 Å². The van der Waals surface area contributed by atoms with E-state index >= 15 is 0 Å². The second-order valence-corrected chi connectivity index (χ2v) is 5.62. The summed E-state index contributed by atoms with van der Waals surface area (Å²) in [7, 11) is 0. The molecule has 0 unspecified atom stereocenters. The van der Waals surface area contributed by atoms with E-state index < -0.39 is 0 Å². The Balaban J connectivity index is 2.01. The topological polar surface area (TPSA) is 55.1 Å². The van der Waals surface area contributed by atoms with Crippen LogP contribution in [0.25, 0.3) is 0 Å². The quantitative estimate of drug-likeness (QED) is 0.627. The molecule has 0 saturated carbocycles. The van der Waals surface area contributed by atoms with Crippen LogP contribution in [-0.4, -0.2) is 5.91 Å². The second-order valence-electron chi connectivity index (χ2n) is 4.05. The van der Waals surface area contributed by atoms with Crippen LogP contribution < -0.4 is 11.1 Å². The van der Waals surface area contributed by atoms with Gasteiger partial charge in [-0.1, -0.05) is 23.7 Å². The van der Waals surface area contributed by atoms with Crippen molar-refractivity contribution in [1.29, 1.82) is 0 Å². The molecule has 0 heterocycles. The van der Waals surface area contributed by atoms with Crippen LogP contribution in [0.4, 0.5) is 5.69 Å². The molecule has 19 heavy (non-hydrogen) atoms. The third kappa shape index (κ3) is 3.84. The fourth-order valence-electron chi connectivity index (χ4n) is 1.56. The van der Waals surface area contributed by atoms with Gasteiger partial charge in [0, 0.05) is 21.4 Å². The molecule has 2 rings (SSSR count). The van der Waals surface area contributed by atoms with E-state index in [1.165, 1.54) is 0 Å². The highest BCUT2D eigenvalue weighted by atomic mass is 127. The molecule has 0 aromatic heterocycles. The van der Waals surface area contributed by atoms with Crippen molar-refractivity contribution in [2.75, 3.05) is 5.73 Å². The third-order valence-corrected chi connectivity index (χ3v) is 4.19. The molecule has 0 aliphatic heterocycles. The summed E-state index contributed by atoms with van der Waals surface area (Å²) in [6.07, 6.45) is 0. The lowest BCUT2D eigenvalue weighted by molar-refractivity contribution is 0.0951. The van der Waals surface area contributed by atoms with Crippen LogP contribution in [0.1, 0.15) is 15.9 Å². The summed E-state index contributed by atoms with van der Waals surface area (Å²) in [5.41, 5.74) is 7.87. The van der Waals surface area contributed by atoms with Gasteiger partial charge in [0.25, 0.3) is 5.91 Å². The van der Waals surface area contributed by atoms with Gasteiger partial charge in [0.05, 0.1) is 5.02 Å². The Hall–Kier alpha value is -1.27. The van der Waals surface area contributed by atoms with Crippen molar-refractivity contribution < 1.29 is 4.79 Å². The molecule has 98 valence electrons. The average molecular weight is 387 g/mol. The lowest BCUT2D eigenvalue weighted by Gasteiger charge is -2.06. The number of nitrogens with two attached hydrogens (primary N) is 1. The number of hydrogen-bond acceptors (Lipinski definition) is 2. The minimum atomic E-state index is -0.143. The lowest BCUT2D eigenvalue weighted by Crippen LogP contribution is -2.22. The molecule has 3 N–H and O–H groups in total. The first-order valence-electron chi connectivity index (χ1n) is 5.64. The SMILES string of the molecule is Nc1ccc(CNC(=O)c2ccc(I)c(Cl)c2)cc1. The number of nitrogen functional groups attached to an aromatic ring is 1. The maximum absolute atomic E-state index is 12.0. The molecule has 0 fully saturated rings. The van der Waals surface area contributed by atoms with Gasteiger partial charge < -0.3 is 11.1 Å². The number of rotatable bonds is 3. The fraction of sp³-hybridized carbons (Fsp3) is 0.0714. The van der Waals surface area contributed by atoms with Gasteiger partial charge in [-0.25, -0.2) is 0 Å². The van der Waals surface area contributed by atoms with Crippen LogP contribution >= 0.6 is 34.2 Å². The van der Waals surface area contributed by atoms with Crippen LogP contribution in [-0.2, 0) is 6.54 Å². The maximum atomic E-state index is 12.0. The average Bonchev–Trinajstić information content (AvgIpc) is 2.41. The van der Waals surface area contributed by atoms with E-state index in [0.29, 0.717) is 22.8 Å². The number of carbonyl (C=O) groups is 1. The number of benzene rings is 2. The van der Waals surface area contributed by atoms with Gasteiger partial charge in [0.2, 0.25) is 0 Å². The van der Waals surface area contributed by atoms with Crippen molar-refractivity contribution in [3.8, 4) is 0 Å². The van der Waals surface area contributed by atoms with E-state index in [1.807, 2.05) is 30.3 Å². The summed E-state index contributed by atoms with van der Waals surface area (Å²) >= 11 is 8.11. The zero-order chi connectivity index (χ0) is 13.8. The van der Waals surface area contributed by atoms with Crippen molar-refractivity contribution >= 4 is 45.8 Å². The molecule has 0 bridgehead atoms. The van der Waals surface area contributed by atoms with Crippen LogP contribution in [0.15, 0.2) is 42.5 Å². The van der Waals surface area contributed by atoms with Gasteiger partial charge in [-0.2, -0.15) is 0 Å². The minimum Gasteiger partial charge on any atom is -0.399 e. The fourth-order valence-corrected chi connectivity index (χ4v) is 2.07. The Morgan fingerprint density at radius 3 is 2.53 bits per heavy atom. The molecule has 1 amide bonds. The summed E-state index contributed by atoms with van der Waals surface area (Å²) in [5.74, 6) is -0.143. The van der Waals surface area contributed by atoms with Crippen LogP contribution in [0.2, 0.25) is 5.02 Å². The summed E-state index contributed by atoms with van der Waals surface area (Å²) in [6.45, 7) is 0.461. The van der Waals surface area contributed by atoms with E-state index in [0.717, 1.165) is 9.13 Å². The molecule has 2 aromatic carbocycles. The molecule has 0 aliphatic carbocycles. The first-order chi connectivity index (χ1) is 9.06. The first kappa shape index (κ1) is 14.1. The molecular weight excluding hydrogens is 375 g/mol. The standard InChI is InChI=1S/C14H12ClIN2O/c15-12-7-10(3-6-13(12)16)14(19)18-8-9-1-4-11(17)5-2-9/h1-7H,8,17H2,(H,18,19). The predicted molar refractivity (Wildman–Crippen MR) is 86.2 cm³/mol. The van der Waals surface area contributed by atoms with Crippen molar-refractivity contribution in [2.45, 2.75) is 6.54 Å². The van der Waals surface area contributed by atoms with E-state index in [2.05, 4.69) is 27.9 Å². The molecular formula is C14H12ClIN2O. The van der Waals surface area contributed by atoms with E-state index in [4.69, 9.17) is 17.3 Å². The Bertz CT molecular complexity index is 599. The van der Waals surface area contributed by atoms with Gasteiger partial charge in [-0.05, 0) is 58.5 Å². The highest BCUT2D eigenvalue weighted by molar-refractivity contribution is 14.1. The lowest BCUT2D eigenvalue weighted by atomic mass is 10.2. The van der Waals surface area contributed by atoms with E-state index in [-0.39, 0.29) is 5.91 Å². The molecule has 0 aliphatic rings. The van der Waals surface area contributed by atoms with E-state index in [1.54, 1.807) is 12.1 Å². The Kier molecular flexibility index (Phi) is 4.66. The molecule has 0 atom stereocenters. The van der Waals surface area contributed by atoms with Crippen molar-refractivity contribution in [1.82, 2.24) is 5.32 Å². The molecule has 3 nitrogen and oxygen atoms in total. The number of anilines is 1. The Morgan fingerprint density at radius 1 is 1.21 bits per heavy atom. The molecule has 0 saturated heterocycles. The van der Waals surface area contributed by atoms with Crippen molar-refractivity contribution in [3.63, 3.8) is 0 Å². The van der Waals surface area contributed by atoms with Gasteiger partial charge in [-0.3, -0.25) is 4.79 Å². The van der Waals surface area contributed by atoms with Gasteiger partial charge >= 0.3 is 0 Å². The van der Waals surface area contributed by atoms with Crippen molar-refractivity contribution in [2.24, 2.45) is 0 Å². The van der Waals surface area contributed by atoms with Crippen LogP contribution in [0, 0.1) is 3.57 Å². The number of amides is 1. The van der Waals surface area contributed by atoms with Crippen LogP contribution in [0.3, 0.4) is 0 Å². The number of hydrogen-bond donors (Lipinski definition) is 2. The van der Waals surface area contributed by atoms with Crippen LogP contribution in [0.5, 0.6) is 0 Å². The molecule has 0 radical (unpaired) electrons.